The van der Waals surface area contributed by atoms with Gasteiger partial charge in [0.05, 0.1) is 18.6 Å². The molecule has 1 rings (SSSR count). The van der Waals surface area contributed by atoms with E-state index in [2.05, 4.69) is 11.9 Å². The van der Waals surface area contributed by atoms with E-state index in [4.69, 9.17) is 10.5 Å². The van der Waals surface area contributed by atoms with Crippen LogP contribution in [0.2, 0.25) is 0 Å². The van der Waals surface area contributed by atoms with Crippen LogP contribution in [0.15, 0.2) is 35.9 Å². The van der Waals surface area contributed by atoms with Crippen molar-refractivity contribution in [2.75, 3.05) is 26.2 Å². The van der Waals surface area contributed by atoms with Gasteiger partial charge in [0.2, 0.25) is 5.91 Å². The Hall–Kier alpha value is -1.95. The van der Waals surface area contributed by atoms with Gasteiger partial charge in [0.25, 0.3) is 0 Å². The molecular formula is C23H41N3O3. The van der Waals surface area contributed by atoms with Gasteiger partial charge in [-0.25, -0.2) is 0 Å². The lowest BCUT2D eigenvalue weighted by molar-refractivity contribution is -0.134. The molecule has 0 radical (unpaired) electrons. The van der Waals surface area contributed by atoms with Crippen LogP contribution in [0.5, 0.6) is 0 Å². The maximum atomic E-state index is 12.9. The molecule has 6 heteroatoms. The van der Waals surface area contributed by atoms with Crippen molar-refractivity contribution in [3.05, 3.63) is 35.9 Å². The predicted octanol–water partition coefficient (Wildman–Crippen LogP) is 3.30. The minimum atomic E-state index is -0.429. The Morgan fingerprint density at radius 3 is 2.66 bits per heavy atom. The van der Waals surface area contributed by atoms with Gasteiger partial charge in [-0.15, -0.1) is 0 Å². The summed E-state index contributed by atoms with van der Waals surface area (Å²) in [7, 11) is 0. The number of β-amino-alcohol motifs (C(OH)–C–C–N with tert-alkyl or cyclic N) is 1. The van der Waals surface area contributed by atoms with E-state index in [1.807, 2.05) is 33.8 Å². The van der Waals surface area contributed by atoms with E-state index in [1.54, 1.807) is 11.0 Å². The van der Waals surface area contributed by atoms with Crippen LogP contribution in [0.1, 0.15) is 59.8 Å². The molecule has 0 spiro atoms. The predicted molar refractivity (Wildman–Crippen MR) is 119 cm³/mol. The van der Waals surface area contributed by atoms with Gasteiger partial charge in [-0.05, 0) is 57.1 Å². The summed E-state index contributed by atoms with van der Waals surface area (Å²) in [6, 6.07) is 0. The molecule has 6 nitrogen and oxygen atoms in total. The van der Waals surface area contributed by atoms with Crippen LogP contribution in [-0.4, -0.2) is 48.3 Å². The maximum Gasteiger partial charge on any atom is 0.231 e. The summed E-state index contributed by atoms with van der Waals surface area (Å²) >= 11 is 0. The molecule has 166 valence electrons. The lowest BCUT2D eigenvalue weighted by Gasteiger charge is -2.26. The fourth-order valence-electron chi connectivity index (χ4n) is 3.46. The summed E-state index contributed by atoms with van der Waals surface area (Å²) in [5.41, 5.74) is 7.88. The topological polar surface area (TPSA) is 87.8 Å². The molecule has 1 fully saturated rings. The first-order valence-corrected chi connectivity index (χ1v) is 10.9. The Kier molecular flexibility index (Phi) is 11.5. The smallest absolute Gasteiger partial charge is 0.231 e. The number of nitrogens with one attached hydrogen (secondary N) is 1. The highest BCUT2D eigenvalue weighted by Gasteiger charge is 2.33. The summed E-state index contributed by atoms with van der Waals surface area (Å²) in [5, 5.41) is 13.0. The van der Waals surface area contributed by atoms with E-state index in [9.17, 15) is 9.90 Å². The molecule has 0 saturated carbocycles. The standard InChI is InChI=1S/C23H41N3O3/c1-6-10-20(29-14-9-7-8-12-25-18(4)5)15-21(24)22(17(2)3)23(28)26-13-11-19(27)16-26/h10,15,17,19,22,25,27H,4,6-9,11-14,16,24H2,1-3,5H3/b20-10-,21-15-. The van der Waals surface area contributed by atoms with Gasteiger partial charge in [0.15, 0.2) is 0 Å². The average molecular weight is 408 g/mol. The minimum absolute atomic E-state index is 0.00818. The lowest BCUT2D eigenvalue weighted by Crippen LogP contribution is -2.39. The molecule has 0 aliphatic carbocycles. The number of rotatable bonds is 13. The second kappa shape index (κ2) is 13.3. The van der Waals surface area contributed by atoms with Crippen molar-refractivity contribution in [2.24, 2.45) is 17.6 Å². The molecule has 4 N–H and O–H groups in total. The molecule has 0 aromatic heterocycles. The Balaban J connectivity index is 2.63. The van der Waals surface area contributed by atoms with Crippen molar-refractivity contribution in [2.45, 2.75) is 65.9 Å². The summed E-state index contributed by atoms with van der Waals surface area (Å²) < 4.78 is 5.93. The molecule has 2 unspecified atom stereocenters. The van der Waals surface area contributed by atoms with Crippen LogP contribution >= 0.6 is 0 Å². The first-order valence-electron chi connectivity index (χ1n) is 10.9. The number of likely N-dealkylation sites (tertiary alicyclic amines) is 1. The average Bonchev–Trinajstić information content (AvgIpc) is 3.07. The number of aliphatic hydroxyl groups is 1. The van der Waals surface area contributed by atoms with E-state index in [1.165, 1.54) is 0 Å². The fraction of sp³-hybridized carbons (Fsp3) is 0.696. The number of carbonyl (C=O) groups excluding carboxylic acids is 1. The molecule has 1 aliphatic rings. The van der Waals surface area contributed by atoms with E-state index >= 15 is 0 Å². The van der Waals surface area contributed by atoms with Crippen LogP contribution in [0.25, 0.3) is 0 Å². The summed E-state index contributed by atoms with van der Waals surface area (Å²) in [4.78, 5) is 14.7. The van der Waals surface area contributed by atoms with Gasteiger partial charge < -0.3 is 25.8 Å². The lowest BCUT2D eigenvalue weighted by atomic mass is 9.90. The highest BCUT2D eigenvalue weighted by atomic mass is 16.5. The molecule has 0 aromatic carbocycles. The van der Waals surface area contributed by atoms with Crippen molar-refractivity contribution < 1.29 is 14.6 Å². The molecule has 1 heterocycles. The van der Waals surface area contributed by atoms with Crippen LogP contribution in [-0.2, 0) is 9.53 Å². The zero-order valence-corrected chi connectivity index (χ0v) is 18.7. The third-order valence-electron chi connectivity index (χ3n) is 5.00. The van der Waals surface area contributed by atoms with Gasteiger partial charge >= 0.3 is 0 Å². The number of carbonyl (C=O) groups is 1. The number of amides is 1. The van der Waals surface area contributed by atoms with E-state index in [-0.39, 0.29) is 11.8 Å². The van der Waals surface area contributed by atoms with Crippen LogP contribution in [0, 0.1) is 11.8 Å². The van der Waals surface area contributed by atoms with Crippen molar-refractivity contribution in [3.63, 3.8) is 0 Å². The molecule has 0 aromatic rings. The molecule has 2 atom stereocenters. The highest BCUT2D eigenvalue weighted by molar-refractivity contribution is 5.82. The summed E-state index contributed by atoms with van der Waals surface area (Å²) in [6.45, 7) is 14.4. The zero-order valence-electron chi connectivity index (χ0n) is 18.7. The summed E-state index contributed by atoms with van der Waals surface area (Å²) in [6.07, 6.45) is 7.95. The number of hydrogen-bond acceptors (Lipinski definition) is 5. The van der Waals surface area contributed by atoms with E-state index in [0.717, 1.165) is 43.7 Å². The van der Waals surface area contributed by atoms with Crippen molar-refractivity contribution in [3.8, 4) is 0 Å². The number of unbranched alkanes of at least 4 members (excludes halogenated alkanes) is 2. The van der Waals surface area contributed by atoms with Crippen molar-refractivity contribution in [1.82, 2.24) is 10.2 Å². The maximum absolute atomic E-state index is 12.9. The van der Waals surface area contributed by atoms with Gasteiger partial charge in [-0.3, -0.25) is 4.79 Å². The molecule has 29 heavy (non-hydrogen) atoms. The molecule has 1 saturated heterocycles. The quantitative estimate of drug-likeness (QED) is 0.248. The number of ether oxygens (including phenoxy) is 1. The largest absolute Gasteiger partial charge is 0.494 e. The van der Waals surface area contributed by atoms with Gasteiger partial charge in [-0.1, -0.05) is 27.4 Å². The monoisotopic (exact) mass is 407 g/mol. The highest BCUT2D eigenvalue weighted by Crippen LogP contribution is 2.24. The Labute approximate surface area is 176 Å². The van der Waals surface area contributed by atoms with Crippen LogP contribution < -0.4 is 11.1 Å². The third-order valence-corrected chi connectivity index (χ3v) is 5.00. The van der Waals surface area contributed by atoms with E-state index < -0.39 is 12.0 Å². The molecular weight excluding hydrogens is 366 g/mol. The zero-order chi connectivity index (χ0) is 21.8. The third kappa shape index (κ3) is 9.39. The van der Waals surface area contributed by atoms with Gasteiger partial charge in [-0.2, -0.15) is 0 Å². The first kappa shape index (κ1) is 25.1. The SMILES string of the molecule is C=C(C)NCCCCCOC(=C\CC)/C=C(\N)C(C(=O)N1CCC(O)C1)C(C)C. The van der Waals surface area contributed by atoms with Gasteiger partial charge in [0.1, 0.15) is 5.76 Å². The number of nitrogens with zero attached hydrogens (tertiary/aromatic N) is 1. The number of aliphatic hydroxyl groups excluding tert-OH is 1. The Bertz CT molecular complexity index is 584. The normalized spacial score (nSPS) is 18.8. The minimum Gasteiger partial charge on any atom is -0.494 e. The second-order valence-corrected chi connectivity index (χ2v) is 8.22. The molecule has 1 amide bonds. The summed E-state index contributed by atoms with van der Waals surface area (Å²) in [5.74, 6) is 0.383. The first-order chi connectivity index (χ1) is 13.8. The van der Waals surface area contributed by atoms with Crippen LogP contribution in [0.4, 0.5) is 0 Å². The van der Waals surface area contributed by atoms with Crippen molar-refractivity contribution >= 4 is 5.91 Å². The fourth-order valence-corrected chi connectivity index (χ4v) is 3.46. The van der Waals surface area contributed by atoms with Gasteiger partial charge in [0, 0.05) is 31.0 Å². The van der Waals surface area contributed by atoms with Crippen molar-refractivity contribution in [1.29, 1.82) is 0 Å². The number of hydrogen-bond donors (Lipinski definition) is 3. The molecule has 1 aliphatic heterocycles. The Morgan fingerprint density at radius 2 is 2.10 bits per heavy atom. The number of allylic oxidation sites excluding steroid dienone is 3. The second-order valence-electron chi connectivity index (χ2n) is 8.22. The van der Waals surface area contributed by atoms with E-state index in [0.29, 0.717) is 31.8 Å². The molecule has 0 bridgehead atoms. The Morgan fingerprint density at radius 1 is 1.38 bits per heavy atom. The number of nitrogens with two attached hydrogens (primary N) is 1. The van der Waals surface area contributed by atoms with Crippen LogP contribution in [0.3, 0.4) is 0 Å².